The summed E-state index contributed by atoms with van der Waals surface area (Å²) in [4.78, 5) is 0. The molecule has 0 aromatic heterocycles. The SMILES string of the molecule is c1ccc(OCCOCC2CCCC2)c(CNC2CC2)c1. The second-order valence-corrected chi connectivity index (χ2v) is 6.34. The molecule has 0 saturated heterocycles. The zero-order valence-corrected chi connectivity index (χ0v) is 12.9. The lowest BCUT2D eigenvalue weighted by molar-refractivity contribution is 0.0751. The van der Waals surface area contributed by atoms with Crippen molar-refractivity contribution in [3.8, 4) is 5.75 Å². The van der Waals surface area contributed by atoms with Gasteiger partial charge in [0, 0.05) is 24.8 Å². The maximum Gasteiger partial charge on any atom is 0.123 e. The Kier molecular flexibility index (Phi) is 5.53. The van der Waals surface area contributed by atoms with Gasteiger partial charge in [0.15, 0.2) is 0 Å². The Balaban J connectivity index is 1.35. The van der Waals surface area contributed by atoms with Crippen LogP contribution in [0.15, 0.2) is 24.3 Å². The van der Waals surface area contributed by atoms with Crippen molar-refractivity contribution in [2.75, 3.05) is 19.8 Å². The van der Waals surface area contributed by atoms with Crippen LogP contribution in [0.3, 0.4) is 0 Å². The summed E-state index contributed by atoms with van der Waals surface area (Å²) in [7, 11) is 0. The Hall–Kier alpha value is -1.06. The van der Waals surface area contributed by atoms with Crippen LogP contribution in [-0.2, 0) is 11.3 Å². The Morgan fingerprint density at radius 2 is 1.81 bits per heavy atom. The molecule has 21 heavy (non-hydrogen) atoms. The van der Waals surface area contributed by atoms with Gasteiger partial charge in [0.1, 0.15) is 12.4 Å². The third-order valence-corrected chi connectivity index (χ3v) is 4.44. The van der Waals surface area contributed by atoms with Gasteiger partial charge < -0.3 is 14.8 Å². The van der Waals surface area contributed by atoms with Gasteiger partial charge in [-0.15, -0.1) is 0 Å². The molecule has 1 aromatic carbocycles. The van der Waals surface area contributed by atoms with Crippen molar-refractivity contribution >= 4 is 0 Å². The van der Waals surface area contributed by atoms with E-state index in [0.29, 0.717) is 13.2 Å². The molecule has 2 saturated carbocycles. The van der Waals surface area contributed by atoms with Gasteiger partial charge in [0.05, 0.1) is 6.61 Å². The number of nitrogens with one attached hydrogen (secondary N) is 1. The van der Waals surface area contributed by atoms with Gasteiger partial charge in [-0.25, -0.2) is 0 Å². The van der Waals surface area contributed by atoms with E-state index in [2.05, 4.69) is 23.5 Å². The molecule has 0 bridgehead atoms. The second kappa shape index (κ2) is 7.81. The van der Waals surface area contributed by atoms with Crippen LogP contribution < -0.4 is 10.1 Å². The molecule has 2 aliphatic carbocycles. The lowest BCUT2D eigenvalue weighted by Gasteiger charge is -2.13. The monoisotopic (exact) mass is 289 g/mol. The van der Waals surface area contributed by atoms with Crippen molar-refractivity contribution in [1.82, 2.24) is 5.32 Å². The third-order valence-electron chi connectivity index (χ3n) is 4.44. The Bertz CT molecular complexity index is 425. The number of benzene rings is 1. The van der Waals surface area contributed by atoms with E-state index in [1.54, 1.807) is 0 Å². The van der Waals surface area contributed by atoms with Crippen LogP contribution >= 0.6 is 0 Å². The molecular formula is C18H27NO2. The summed E-state index contributed by atoms with van der Waals surface area (Å²) in [6, 6.07) is 9.04. The standard InChI is InChI=1S/C18H27NO2/c1-2-6-15(5-1)14-20-11-12-21-18-8-4-3-7-16(18)13-19-17-9-10-17/h3-4,7-8,15,17,19H,1-2,5-6,9-14H2. The minimum atomic E-state index is 0.646. The summed E-state index contributed by atoms with van der Waals surface area (Å²) < 4.78 is 11.6. The first-order valence-corrected chi connectivity index (χ1v) is 8.43. The van der Waals surface area contributed by atoms with Crippen LogP contribution in [0.2, 0.25) is 0 Å². The molecule has 0 radical (unpaired) electrons. The van der Waals surface area contributed by atoms with Crippen molar-refractivity contribution in [2.45, 2.75) is 51.1 Å². The first-order chi connectivity index (χ1) is 10.4. The van der Waals surface area contributed by atoms with E-state index in [-0.39, 0.29) is 0 Å². The van der Waals surface area contributed by atoms with Crippen LogP contribution in [0.1, 0.15) is 44.1 Å². The van der Waals surface area contributed by atoms with Crippen molar-refractivity contribution in [3.05, 3.63) is 29.8 Å². The number of para-hydroxylation sites is 1. The first-order valence-electron chi connectivity index (χ1n) is 8.43. The fourth-order valence-electron chi connectivity index (χ4n) is 2.97. The van der Waals surface area contributed by atoms with Gasteiger partial charge >= 0.3 is 0 Å². The molecule has 2 fully saturated rings. The molecule has 0 aliphatic heterocycles. The highest BCUT2D eigenvalue weighted by Gasteiger charge is 2.20. The number of ether oxygens (including phenoxy) is 2. The third kappa shape index (κ3) is 5.01. The predicted octanol–water partition coefficient (Wildman–Crippen LogP) is 3.52. The number of rotatable bonds is 9. The van der Waals surface area contributed by atoms with E-state index in [1.807, 2.05) is 6.07 Å². The number of hydrogen-bond acceptors (Lipinski definition) is 3. The molecule has 0 spiro atoms. The van der Waals surface area contributed by atoms with Crippen molar-refractivity contribution in [2.24, 2.45) is 5.92 Å². The molecule has 3 heteroatoms. The van der Waals surface area contributed by atoms with Crippen LogP contribution in [0.25, 0.3) is 0 Å². The highest BCUT2D eigenvalue weighted by Crippen LogP contribution is 2.25. The summed E-state index contributed by atoms with van der Waals surface area (Å²) >= 11 is 0. The fraction of sp³-hybridized carbons (Fsp3) is 0.667. The van der Waals surface area contributed by atoms with Crippen molar-refractivity contribution in [3.63, 3.8) is 0 Å². The van der Waals surface area contributed by atoms with Crippen LogP contribution in [0.5, 0.6) is 5.75 Å². The average Bonchev–Trinajstić information content (AvgIpc) is 3.20. The van der Waals surface area contributed by atoms with Gasteiger partial charge in [-0.3, -0.25) is 0 Å². The maximum absolute atomic E-state index is 5.89. The summed E-state index contributed by atoms with van der Waals surface area (Å²) in [5.41, 5.74) is 1.25. The minimum Gasteiger partial charge on any atom is -0.491 e. The van der Waals surface area contributed by atoms with Crippen LogP contribution in [0, 0.1) is 5.92 Å². The highest BCUT2D eigenvalue weighted by atomic mass is 16.5. The van der Waals surface area contributed by atoms with Gasteiger partial charge in [0.25, 0.3) is 0 Å². The normalized spacial score (nSPS) is 19.0. The predicted molar refractivity (Wildman–Crippen MR) is 84.6 cm³/mol. The maximum atomic E-state index is 5.89. The molecule has 0 heterocycles. The minimum absolute atomic E-state index is 0.646. The lowest BCUT2D eigenvalue weighted by Crippen LogP contribution is -2.17. The topological polar surface area (TPSA) is 30.5 Å². The summed E-state index contributed by atoms with van der Waals surface area (Å²) in [6.07, 6.45) is 8.08. The second-order valence-electron chi connectivity index (χ2n) is 6.34. The lowest BCUT2D eigenvalue weighted by atomic mass is 10.1. The molecule has 1 aromatic rings. The molecular weight excluding hydrogens is 262 g/mol. The van der Waals surface area contributed by atoms with Crippen molar-refractivity contribution < 1.29 is 9.47 Å². The molecule has 2 aliphatic rings. The molecule has 0 amide bonds. The van der Waals surface area contributed by atoms with Crippen molar-refractivity contribution in [1.29, 1.82) is 0 Å². The number of hydrogen-bond donors (Lipinski definition) is 1. The molecule has 0 atom stereocenters. The summed E-state index contributed by atoms with van der Waals surface area (Å²) in [6.45, 7) is 3.16. The molecule has 3 rings (SSSR count). The van der Waals surface area contributed by atoms with Gasteiger partial charge in [-0.05, 0) is 37.7 Å². The van der Waals surface area contributed by atoms with E-state index in [4.69, 9.17) is 9.47 Å². The zero-order valence-electron chi connectivity index (χ0n) is 12.9. The van der Waals surface area contributed by atoms with Crippen LogP contribution in [-0.4, -0.2) is 25.9 Å². The van der Waals surface area contributed by atoms with E-state index in [1.165, 1.54) is 44.1 Å². The highest BCUT2D eigenvalue weighted by molar-refractivity contribution is 5.33. The molecule has 0 unspecified atom stereocenters. The smallest absolute Gasteiger partial charge is 0.123 e. The van der Waals surface area contributed by atoms with E-state index < -0.39 is 0 Å². The van der Waals surface area contributed by atoms with Gasteiger partial charge in [0.2, 0.25) is 0 Å². The zero-order chi connectivity index (χ0) is 14.3. The molecule has 1 N–H and O–H groups in total. The Morgan fingerprint density at radius 1 is 1.00 bits per heavy atom. The van der Waals surface area contributed by atoms with Gasteiger partial charge in [-0.1, -0.05) is 31.0 Å². The van der Waals surface area contributed by atoms with Crippen LogP contribution in [0.4, 0.5) is 0 Å². The van der Waals surface area contributed by atoms with E-state index >= 15 is 0 Å². The molecule has 116 valence electrons. The fourth-order valence-corrected chi connectivity index (χ4v) is 2.97. The average molecular weight is 289 g/mol. The quantitative estimate of drug-likeness (QED) is 0.706. The molecule has 3 nitrogen and oxygen atoms in total. The van der Waals surface area contributed by atoms with E-state index in [0.717, 1.165) is 30.9 Å². The van der Waals surface area contributed by atoms with E-state index in [9.17, 15) is 0 Å². The first kappa shape index (κ1) is 14.9. The largest absolute Gasteiger partial charge is 0.491 e. The summed E-state index contributed by atoms with van der Waals surface area (Å²) in [5.74, 6) is 1.79. The summed E-state index contributed by atoms with van der Waals surface area (Å²) in [5, 5.41) is 3.54. The van der Waals surface area contributed by atoms with Gasteiger partial charge in [-0.2, -0.15) is 0 Å². The Morgan fingerprint density at radius 3 is 2.62 bits per heavy atom. The Labute approximate surface area is 128 Å².